The summed E-state index contributed by atoms with van der Waals surface area (Å²) in [5, 5.41) is 3.33. The number of hydrogen-bond donors (Lipinski definition) is 1. The first-order valence-corrected chi connectivity index (χ1v) is 9.61. The zero-order valence-electron chi connectivity index (χ0n) is 15.6. The van der Waals surface area contributed by atoms with E-state index in [1.165, 1.54) is 12.8 Å². The smallest absolute Gasteiger partial charge is 0.225 e. The highest BCUT2D eigenvalue weighted by atomic mass is 16.2. The Morgan fingerprint density at radius 2 is 1.77 bits per heavy atom. The second kappa shape index (κ2) is 9.35. The van der Waals surface area contributed by atoms with Gasteiger partial charge in [-0.2, -0.15) is 0 Å². The second-order valence-electron chi connectivity index (χ2n) is 6.60. The minimum Gasteiger partial charge on any atom is -0.357 e. The van der Waals surface area contributed by atoms with E-state index in [1.54, 1.807) is 12.4 Å². The molecule has 8 heteroatoms. The molecule has 3 heterocycles. The van der Waals surface area contributed by atoms with Crippen molar-refractivity contribution in [3.63, 3.8) is 0 Å². The van der Waals surface area contributed by atoms with Gasteiger partial charge in [0.15, 0.2) is 5.96 Å². The van der Waals surface area contributed by atoms with E-state index < -0.39 is 0 Å². The van der Waals surface area contributed by atoms with E-state index in [0.29, 0.717) is 26.1 Å². The van der Waals surface area contributed by atoms with Gasteiger partial charge in [-0.1, -0.05) is 0 Å². The van der Waals surface area contributed by atoms with Gasteiger partial charge in [0.25, 0.3) is 0 Å². The Bertz CT molecular complexity index is 593. The van der Waals surface area contributed by atoms with Gasteiger partial charge in [-0.05, 0) is 25.8 Å². The lowest BCUT2D eigenvalue weighted by Crippen LogP contribution is -2.49. The van der Waals surface area contributed by atoms with E-state index in [1.807, 2.05) is 11.0 Å². The molecule has 0 unspecified atom stereocenters. The van der Waals surface area contributed by atoms with Crippen LogP contribution in [0.4, 0.5) is 5.95 Å². The molecule has 1 N–H and O–H groups in total. The molecule has 1 amide bonds. The maximum absolute atomic E-state index is 12.5. The number of nitrogens with one attached hydrogen (secondary N) is 1. The third-order valence-corrected chi connectivity index (χ3v) is 4.80. The van der Waals surface area contributed by atoms with Gasteiger partial charge in [-0.3, -0.25) is 9.79 Å². The van der Waals surface area contributed by atoms with Gasteiger partial charge >= 0.3 is 0 Å². The van der Waals surface area contributed by atoms with Crippen molar-refractivity contribution in [3.8, 4) is 0 Å². The molecular weight excluding hydrogens is 330 g/mol. The summed E-state index contributed by atoms with van der Waals surface area (Å²) in [7, 11) is 0. The van der Waals surface area contributed by atoms with Crippen LogP contribution in [-0.2, 0) is 4.79 Å². The number of piperazine rings is 1. The van der Waals surface area contributed by atoms with Gasteiger partial charge in [0.1, 0.15) is 0 Å². The van der Waals surface area contributed by atoms with Crippen molar-refractivity contribution < 1.29 is 4.79 Å². The van der Waals surface area contributed by atoms with Gasteiger partial charge in [0.2, 0.25) is 11.9 Å². The van der Waals surface area contributed by atoms with Gasteiger partial charge in [0, 0.05) is 64.6 Å². The number of carbonyl (C=O) groups excluding carboxylic acids is 1. The number of guanidine groups is 1. The summed E-state index contributed by atoms with van der Waals surface area (Å²) in [6.07, 6.45) is 6.41. The highest BCUT2D eigenvalue weighted by Crippen LogP contribution is 2.11. The standard InChI is InChI=1S/C18H29N7O/c1-2-19-17(24-10-3-4-11-24)22-9-6-16(26)23-12-14-25(15-13-23)18-20-7-5-8-21-18/h5,7-8H,2-4,6,9-15H2,1H3,(H,19,22). The first kappa shape index (κ1) is 18.4. The topological polar surface area (TPSA) is 77.0 Å². The van der Waals surface area contributed by atoms with E-state index in [4.69, 9.17) is 0 Å². The lowest BCUT2D eigenvalue weighted by Gasteiger charge is -2.34. The molecule has 0 spiro atoms. The summed E-state index contributed by atoms with van der Waals surface area (Å²) in [6, 6.07) is 1.81. The molecule has 0 radical (unpaired) electrons. The van der Waals surface area contributed by atoms with Crippen LogP contribution in [0.15, 0.2) is 23.5 Å². The van der Waals surface area contributed by atoms with Gasteiger partial charge in [-0.15, -0.1) is 0 Å². The normalized spacial score (nSPS) is 18.3. The lowest BCUT2D eigenvalue weighted by atomic mass is 10.3. The van der Waals surface area contributed by atoms with Crippen LogP contribution in [0.2, 0.25) is 0 Å². The van der Waals surface area contributed by atoms with Crippen LogP contribution in [0.3, 0.4) is 0 Å². The van der Waals surface area contributed by atoms with E-state index in [0.717, 1.165) is 44.6 Å². The van der Waals surface area contributed by atoms with Crippen LogP contribution >= 0.6 is 0 Å². The largest absolute Gasteiger partial charge is 0.357 e. The Hall–Kier alpha value is -2.38. The van der Waals surface area contributed by atoms with E-state index >= 15 is 0 Å². The number of carbonyl (C=O) groups is 1. The molecule has 8 nitrogen and oxygen atoms in total. The fraction of sp³-hybridized carbons (Fsp3) is 0.667. The quantitative estimate of drug-likeness (QED) is 0.612. The first-order valence-electron chi connectivity index (χ1n) is 9.61. The SMILES string of the molecule is CCNC(=NCCC(=O)N1CCN(c2ncccn2)CC1)N1CCCC1. The number of aromatic nitrogens is 2. The van der Waals surface area contributed by atoms with E-state index in [-0.39, 0.29) is 5.91 Å². The molecule has 0 saturated carbocycles. The molecule has 0 aliphatic carbocycles. The van der Waals surface area contributed by atoms with Crippen molar-refractivity contribution >= 4 is 17.8 Å². The van der Waals surface area contributed by atoms with Gasteiger partial charge in [-0.25, -0.2) is 9.97 Å². The molecule has 0 aromatic carbocycles. The number of amides is 1. The Labute approximate surface area is 155 Å². The van der Waals surface area contributed by atoms with Gasteiger partial charge in [0.05, 0.1) is 6.54 Å². The Morgan fingerprint density at radius 1 is 1.08 bits per heavy atom. The van der Waals surface area contributed by atoms with Crippen LogP contribution < -0.4 is 10.2 Å². The molecule has 0 atom stereocenters. The molecule has 1 aromatic rings. The molecular formula is C18H29N7O. The van der Waals surface area contributed by atoms with Crippen molar-refractivity contribution in [2.75, 3.05) is 57.3 Å². The molecule has 0 bridgehead atoms. The average molecular weight is 359 g/mol. The zero-order valence-corrected chi connectivity index (χ0v) is 15.6. The highest BCUT2D eigenvalue weighted by molar-refractivity contribution is 5.81. The van der Waals surface area contributed by atoms with Crippen molar-refractivity contribution in [1.82, 2.24) is 25.1 Å². The van der Waals surface area contributed by atoms with Crippen LogP contribution in [0.5, 0.6) is 0 Å². The van der Waals surface area contributed by atoms with Crippen molar-refractivity contribution in [2.45, 2.75) is 26.2 Å². The number of likely N-dealkylation sites (tertiary alicyclic amines) is 1. The average Bonchev–Trinajstić information content (AvgIpc) is 3.23. The number of nitrogens with zero attached hydrogens (tertiary/aromatic N) is 6. The summed E-state index contributed by atoms with van der Waals surface area (Å²) in [5.74, 6) is 1.87. The predicted molar refractivity (Wildman–Crippen MR) is 102 cm³/mol. The molecule has 2 aliphatic rings. The number of aliphatic imine (C=N–C) groups is 1. The molecule has 26 heavy (non-hydrogen) atoms. The summed E-state index contributed by atoms with van der Waals surface area (Å²) >= 11 is 0. The van der Waals surface area contributed by atoms with E-state index in [9.17, 15) is 4.79 Å². The number of anilines is 1. The summed E-state index contributed by atoms with van der Waals surface area (Å²) < 4.78 is 0. The van der Waals surface area contributed by atoms with Gasteiger partial charge < -0.3 is 20.0 Å². The predicted octanol–water partition coefficient (Wildman–Crippen LogP) is 0.577. The Morgan fingerprint density at radius 3 is 2.42 bits per heavy atom. The van der Waals surface area contributed by atoms with Crippen LogP contribution in [0.1, 0.15) is 26.2 Å². The molecule has 3 rings (SSSR count). The summed E-state index contributed by atoms with van der Waals surface area (Å²) in [5.41, 5.74) is 0. The van der Waals surface area contributed by atoms with Crippen molar-refractivity contribution in [1.29, 1.82) is 0 Å². The van der Waals surface area contributed by atoms with Crippen molar-refractivity contribution in [3.05, 3.63) is 18.5 Å². The molecule has 142 valence electrons. The molecule has 2 aliphatic heterocycles. The van der Waals surface area contributed by atoms with Crippen LogP contribution in [0.25, 0.3) is 0 Å². The summed E-state index contributed by atoms with van der Waals surface area (Å²) in [6.45, 7) is 8.57. The third-order valence-electron chi connectivity index (χ3n) is 4.80. The fourth-order valence-electron chi connectivity index (χ4n) is 3.38. The second-order valence-corrected chi connectivity index (χ2v) is 6.60. The molecule has 1 aromatic heterocycles. The third kappa shape index (κ3) is 4.83. The van der Waals surface area contributed by atoms with Crippen molar-refractivity contribution in [2.24, 2.45) is 4.99 Å². The Kier molecular flexibility index (Phi) is 6.62. The molecule has 2 saturated heterocycles. The summed E-state index contributed by atoms with van der Waals surface area (Å²) in [4.78, 5) is 32.0. The molecule has 2 fully saturated rings. The minimum atomic E-state index is 0.180. The number of rotatable bonds is 5. The maximum atomic E-state index is 12.5. The first-order chi connectivity index (χ1) is 12.8. The highest BCUT2D eigenvalue weighted by Gasteiger charge is 2.22. The van der Waals surface area contributed by atoms with Crippen LogP contribution in [-0.4, -0.2) is 84.0 Å². The lowest BCUT2D eigenvalue weighted by molar-refractivity contribution is -0.131. The van der Waals surface area contributed by atoms with Crippen LogP contribution in [0, 0.1) is 0 Å². The maximum Gasteiger partial charge on any atom is 0.225 e. The zero-order chi connectivity index (χ0) is 18.2. The fourth-order valence-corrected chi connectivity index (χ4v) is 3.38. The number of hydrogen-bond acceptors (Lipinski definition) is 5. The Balaban J connectivity index is 1.44. The minimum absolute atomic E-state index is 0.180. The monoisotopic (exact) mass is 359 g/mol. The van der Waals surface area contributed by atoms with E-state index in [2.05, 4.69) is 37.0 Å².